The van der Waals surface area contributed by atoms with Gasteiger partial charge >= 0.3 is 0 Å². The van der Waals surface area contributed by atoms with Gasteiger partial charge in [0.2, 0.25) is 0 Å². The summed E-state index contributed by atoms with van der Waals surface area (Å²) in [5.41, 5.74) is 3.09. The van der Waals surface area contributed by atoms with Crippen molar-refractivity contribution in [2.45, 2.75) is 19.9 Å². The molecule has 0 unspecified atom stereocenters. The lowest BCUT2D eigenvalue weighted by Crippen LogP contribution is -2.33. The fraction of sp³-hybridized carbons (Fsp3) is 0.148. The number of aromatic nitrogens is 2. The molecular weight excluding hydrogens is 414 g/mol. The van der Waals surface area contributed by atoms with E-state index in [1.165, 1.54) is 4.57 Å². The van der Waals surface area contributed by atoms with Crippen LogP contribution in [0.2, 0.25) is 0 Å². The maximum atomic E-state index is 13.6. The minimum absolute atomic E-state index is 0.00878. The monoisotopic (exact) mass is 437 g/mol. The first-order valence-corrected chi connectivity index (χ1v) is 10.8. The third kappa shape index (κ3) is 3.31. The lowest BCUT2D eigenvalue weighted by atomic mass is 10.1. The number of benzene rings is 3. The average molecular weight is 437 g/mol. The zero-order chi connectivity index (χ0) is 23.1. The summed E-state index contributed by atoms with van der Waals surface area (Å²) >= 11 is 0. The molecule has 0 spiro atoms. The van der Waals surface area contributed by atoms with Crippen LogP contribution in [0, 0.1) is 0 Å². The number of hydrogen-bond donors (Lipinski definition) is 0. The van der Waals surface area contributed by atoms with Crippen LogP contribution in [-0.2, 0) is 4.79 Å². The Balaban J connectivity index is 1.83. The molecule has 0 saturated carbocycles. The molecule has 5 rings (SSSR count). The Bertz CT molecular complexity index is 1480. The fourth-order valence-corrected chi connectivity index (χ4v) is 4.34. The number of nitrogens with zero attached hydrogens (tertiary/aromatic N) is 3. The van der Waals surface area contributed by atoms with Gasteiger partial charge in [-0.25, -0.2) is 4.98 Å². The van der Waals surface area contributed by atoms with Crippen molar-refractivity contribution in [1.82, 2.24) is 9.55 Å². The molecule has 33 heavy (non-hydrogen) atoms. The first kappa shape index (κ1) is 20.7. The summed E-state index contributed by atoms with van der Waals surface area (Å²) in [5, 5.41) is 0.493. The number of fused-ring (bicyclic) bond motifs is 2. The molecule has 0 saturated heterocycles. The number of methoxy groups -OCH3 is 1. The van der Waals surface area contributed by atoms with Gasteiger partial charge in [0.15, 0.2) is 0 Å². The Morgan fingerprint density at radius 2 is 1.55 bits per heavy atom. The van der Waals surface area contributed by atoms with Gasteiger partial charge in [0.1, 0.15) is 11.6 Å². The summed E-state index contributed by atoms with van der Waals surface area (Å²) in [7, 11) is 1.56. The first-order chi connectivity index (χ1) is 16.0. The van der Waals surface area contributed by atoms with E-state index in [-0.39, 0.29) is 17.5 Å². The Morgan fingerprint density at radius 1 is 0.879 bits per heavy atom. The van der Waals surface area contributed by atoms with Crippen molar-refractivity contribution < 1.29 is 9.53 Å². The van der Waals surface area contributed by atoms with E-state index in [0.717, 1.165) is 11.3 Å². The fourth-order valence-electron chi connectivity index (χ4n) is 4.34. The highest BCUT2D eigenvalue weighted by Gasteiger charge is 2.34. The van der Waals surface area contributed by atoms with Gasteiger partial charge in [-0.2, -0.15) is 0 Å². The quantitative estimate of drug-likeness (QED) is 0.435. The highest BCUT2D eigenvalue weighted by molar-refractivity contribution is 6.35. The van der Waals surface area contributed by atoms with Crippen molar-refractivity contribution in [1.29, 1.82) is 0 Å². The molecule has 0 bridgehead atoms. The van der Waals surface area contributed by atoms with Gasteiger partial charge in [-0.3, -0.25) is 14.2 Å². The number of rotatable bonds is 4. The molecular formula is C27H23N3O3. The average Bonchev–Trinajstić information content (AvgIpc) is 3.11. The molecule has 0 atom stereocenters. The number of carbonyl (C=O) groups excluding carboxylic acids is 1. The summed E-state index contributed by atoms with van der Waals surface area (Å²) in [4.78, 5) is 33.6. The molecule has 6 heteroatoms. The van der Waals surface area contributed by atoms with E-state index < -0.39 is 0 Å². The lowest BCUT2D eigenvalue weighted by Gasteiger charge is -2.21. The lowest BCUT2D eigenvalue weighted by molar-refractivity contribution is -0.113. The van der Waals surface area contributed by atoms with Crippen LogP contribution in [0.25, 0.3) is 28.2 Å². The number of ether oxygens (including phenoxy) is 1. The molecule has 4 aromatic rings. The second-order valence-corrected chi connectivity index (χ2v) is 8.14. The molecule has 0 aliphatic carbocycles. The van der Waals surface area contributed by atoms with Crippen LogP contribution in [0.3, 0.4) is 0 Å². The maximum Gasteiger partial charge on any atom is 0.266 e. The molecule has 0 radical (unpaired) electrons. The largest absolute Gasteiger partial charge is 0.495 e. The molecule has 6 nitrogen and oxygen atoms in total. The minimum atomic E-state index is -0.226. The van der Waals surface area contributed by atoms with Crippen LogP contribution in [0.4, 0.5) is 5.69 Å². The van der Waals surface area contributed by atoms with Crippen molar-refractivity contribution in [3.8, 4) is 11.4 Å². The summed E-state index contributed by atoms with van der Waals surface area (Å²) in [6, 6.07) is 22.2. The SMILES string of the molecule is COc1ccccc1-n1c(/C=C2\C(=O)N(C(C)C)c3ccccc32)nc2ccccc2c1=O. The van der Waals surface area contributed by atoms with E-state index in [0.29, 0.717) is 33.7 Å². The highest BCUT2D eigenvalue weighted by Crippen LogP contribution is 2.39. The van der Waals surface area contributed by atoms with E-state index in [9.17, 15) is 9.59 Å². The van der Waals surface area contributed by atoms with E-state index in [1.54, 1.807) is 36.3 Å². The van der Waals surface area contributed by atoms with Gasteiger partial charge in [-0.05, 0) is 50.3 Å². The first-order valence-electron chi connectivity index (χ1n) is 10.8. The van der Waals surface area contributed by atoms with E-state index >= 15 is 0 Å². The van der Waals surface area contributed by atoms with Gasteiger partial charge < -0.3 is 9.64 Å². The van der Waals surface area contributed by atoms with Crippen LogP contribution in [0.15, 0.2) is 77.6 Å². The second-order valence-electron chi connectivity index (χ2n) is 8.14. The van der Waals surface area contributed by atoms with Crippen molar-refractivity contribution in [2.24, 2.45) is 0 Å². The zero-order valence-electron chi connectivity index (χ0n) is 18.6. The Morgan fingerprint density at radius 3 is 2.30 bits per heavy atom. The molecule has 3 aromatic carbocycles. The van der Waals surface area contributed by atoms with Crippen LogP contribution >= 0.6 is 0 Å². The zero-order valence-corrected chi connectivity index (χ0v) is 18.6. The predicted molar refractivity (Wildman–Crippen MR) is 131 cm³/mol. The topological polar surface area (TPSA) is 64.4 Å². The van der Waals surface area contributed by atoms with E-state index in [1.807, 2.05) is 68.4 Å². The molecule has 164 valence electrons. The number of carbonyl (C=O) groups is 1. The van der Waals surface area contributed by atoms with Gasteiger partial charge in [0, 0.05) is 11.6 Å². The van der Waals surface area contributed by atoms with Gasteiger partial charge in [-0.15, -0.1) is 0 Å². The number of hydrogen-bond acceptors (Lipinski definition) is 4. The molecule has 0 fully saturated rings. The van der Waals surface area contributed by atoms with Crippen LogP contribution in [0.1, 0.15) is 25.2 Å². The van der Waals surface area contributed by atoms with Crippen LogP contribution in [0.5, 0.6) is 5.75 Å². The van der Waals surface area contributed by atoms with Crippen LogP contribution < -0.4 is 15.2 Å². The number of amides is 1. The van der Waals surface area contributed by atoms with E-state index in [2.05, 4.69) is 0 Å². The smallest absolute Gasteiger partial charge is 0.266 e. The molecule has 0 N–H and O–H groups in total. The number of anilines is 1. The Kier molecular flexibility index (Phi) is 5.05. The number of para-hydroxylation sites is 4. The molecule has 1 amide bonds. The maximum absolute atomic E-state index is 13.6. The van der Waals surface area contributed by atoms with Crippen molar-refractivity contribution in [3.05, 3.63) is 94.5 Å². The van der Waals surface area contributed by atoms with Crippen LogP contribution in [-0.4, -0.2) is 28.6 Å². The Hall–Kier alpha value is -4.19. The normalized spacial score (nSPS) is 14.4. The minimum Gasteiger partial charge on any atom is -0.495 e. The Labute approximate surface area is 191 Å². The summed E-state index contributed by atoms with van der Waals surface area (Å²) < 4.78 is 7.05. The predicted octanol–water partition coefficient (Wildman–Crippen LogP) is 4.69. The van der Waals surface area contributed by atoms with Gasteiger partial charge in [0.25, 0.3) is 11.5 Å². The molecule has 1 aromatic heterocycles. The third-order valence-corrected chi connectivity index (χ3v) is 5.82. The van der Waals surface area contributed by atoms with Crippen molar-refractivity contribution in [2.75, 3.05) is 12.0 Å². The molecule has 1 aliphatic rings. The molecule has 2 heterocycles. The van der Waals surface area contributed by atoms with Gasteiger partial charge in [0.05, 0.1) is 35.0 Å². The highest BCUT2D eigenvalue weighted by atomic mass is 16.5. The second kappa shape index (κ2) is 8.06. The van der Waals surface area contributed by atoms with Gasteiger partial charge in [-0.1, -0.05) is 42.5 Å². The standard InChI is InChI=1S/C27H23N3O3/c1-17(2)29-22-13-7-5-10-18(22)20(27(29)32)16-25-28-21-12-6-4-11-19(21)26(31)30(25)23-14-8-9-15-24(23)33-3/h4-17H,1-3H3/b20-16-. The molecule has 1 aliphatic heterocycles. The summed E-state index contributed by atoms with van der Waals surface area (Å²) in [5.74, 6) is 0.797. The van der Waals surface area contributed by atoms with E-state index in [4.69, 9.17) is 9.72 Å². The third-order valence-electron chi connectivity index (χ3n) is 5.82. The summed E-state index contributed by atoms with van der Waals surface area (Å²) in [6.07, 6.45) is 1.71. The van der Waals surface area contributed by atoms with Crippen molar-refractivity contribution >= 4 is 34.1 Å². The van der Waals surface area contributed by atoms with Crippen molar-refractivity contribution in [3.63, 3.8) is 0 Å². The summed E-state index contributed by atoms with van der Waals surface area (Å²) in [6.45, 7) is 3.97.